The smallest absolute Gasteiger partial charge is 0.408 e. The quantitative estimate of drug-likeness (QED) is 0.607. The van der Waals surface area contributed by atoms with Crippen LogP contribution >= 0.6 is 15.9 Å². The maximum absolute atomic E-state index is 13.6. The van der Waals surface area contributed by atoms with Gasteiger partial charge in [-0.1, -0.05) is 47.3 Å². The van der Waals surface area contributed by atoms with Crippen molar-refractivity contribution in [3.63, 3.8) is 0 Å². The topological polar surface area (TPSA) is 86.7 Å². The molecule has 1 aliphatic heterocycles. The van der Waals surface area contributed by atoms with Gasteiger partial charge in [0.05, 0.1) is 5.92 Å². The van der Waals surface area contributed by atoms with Crippen molar-refractivity contribution in [3.8, 4) is 0 Å². The highest BCUT2D eigenvalue weighted by atomic mass is 79.9. The molecule has 2 aliphatic rings. The molecule has 2 fully saturated rings. The van der Waals surface area contributed by atoms with Gasteiger partial charge in [0.15, 0.2) is 6.04 Å². The molecule has 3 amide bonds. The normalized spacial score (nSPS) is 23.6. The van der Waals surface area contributed by atoms with Crippen LogP contribution in [0.15, 0.2) is 28.7 Å². The third kappa shape index (κ3) is 4.79. The summed E-state index contributed by atoms with van der Waals surface area (Å²) in [6, 6.07) is 2.02. The highest BCUT2D eigenvalue weighted by Gasteiger charge is 2.56. The van der Waals surface area contributed by atoms with Crippen molar-refractivity contribution < 1.29 is 32.7 Å². The van der Waals surface area contributed by atoms with Crippen LogP contribution in [0, 0.1) is 11.8 Å². The van der Waals surface area contributed by atoms with E-state index >= 15 is 0 Å². The number of β-lactam (4-membered cyclic amide) rings is 1. The van der Waals surface area contributed by atoms with Crippen molar-refractivity contribution in [2.24, 2.45) is 11.8 Å². The molecule has 1 heterocycles. The Morgan fingerprint density at radius 2 is 1.90 bits per heavy atom. The molecule has 3 atom stereocenters. The van der Waals surface area contributed by atoms with E-state index in [0.717, 1.165) is 10.9 Å². The number of alkyl halides is 3. The van der Waals surface area contributed by atoms with Crippen LogP contribution in [-0.2, 0) is 16.0 Å². The standard InChI is InChI=1S/C20H22BrF3N2O4/c21-13-8-4-5-11(9-13)10-14-15(18(28)29)26(17(14)27)19(30)25-16(20(22,23)24)12-6-2-1-3-7-12/h4-5,8-9,12,14-16H,1-3,6-7,10H2,(H,25,30)(H,28,29)/t14-,15+,16+/m1/s1. The highest BCUT2D eigenvalue weighted by molar-refractivity contribution is 9.10. The first kappa shape index (κ1) is 22.6. The highest BCUT2D eigenvalue weighted by Crippen LogP contribution is 2.36. The number of carboxylic acid groups (broad SMARTS) is 1. The molecule has 0 unspecified atom stereocenters. The number of likely N-dealkylation sites (tertiary alicyclic amines) is 1. The minimum absolute atomic E-state index is 0.0738. The van der Waals surface area contributed by atoms with Gasteiger partial charge in [-0.15, -0.1) is 0 Å². The lowest BCUT2D eigenvalue weighted by Crippen LogP contribution is -2.70. The summed E-state index contributed by atoms with van der Waals surface area (Å²) in [6.07, 6.45) is -1.83. The van der Waals surface area contributed by atoms with Gasteiger partial charge in [-0.25, -0.2) is 14.5 Å². The van der Waals surface area contributed by atoms with Crippen molar-refractivity contribution in [1.29, 1.82) is 0 Å². The summed E-state index contributed by atoms with van der Waals surface area (Å²) in [7, 11) is 0. The van der Waals surface area contributed by atoms with Gasteiger partial charge in [0.1, 0.15) is 6.04 Å². The number of carbonyl (C=O) groups excluding carboxylic acids is 2. The number of hydrogen-bond acceptors (Lipinski definition) is 3. The van der Waals surface area contributed by atoms with Gasteiger partial charge in [0.2, 0.25) is 5.91 Å². The monoisotopic (exact) mass is 490 g/mol. The first-order chi connectivity index (χ1) is 14.1. The summed E-state index contributed by atoms with van der Waals surface area (Å²) in [6.45, 7) is 0. The molecule has 10 heteroatoms. The van der Waals surface area contributed by atoms with Crippen LogP contribution in [0.4, 0.5) is 18.0 Å². The van der Waals surface area contributed by atoms with Crippen LogP contribution in [-0.4, -0.2) is 46.2 Å². The average Bonchev–Trinajstić information content (AvgIpc) is 2.67. The Balaban J connectivity index is 1.74. The number of halogens is 4. The maximum Gasteiger partial charge on any atom is 0.408 e. The molecule has 0 aromatic heterocycles. The number of hydrogen-bond donors (Lipinski definition) is 2. The number of aliphatic carboxylic acids is 1. The lowest BCUT2D eigenvalue weighted by atomic mass is 9.82. The summed E-state index contributed by atoms with van der Waals surface area (Å²) < 4.78 is 41.4. The van der Waals surface area contributed by atoms with Crippen LogP contribution in [0.3, 0.4) is 0 Å². The van der Waals surface area contributed by atoms with E-state index in [2.05, 4.69) is 15.9 Å². The molecule has 1 aromatic carbocycles. The van der Waals surface area contributed by atoms with Gasteiger partial charge < -0.3 is 10.4 Å². The zero-order chi connectivity index (χ0) is 22.1. The molecule has 1 aliphatic carbocycles. The molecular weight excluding hydrogens is 469 g/mol. The second kappa shape index (κ2) is 8.95. The second-order valence-corrected chi connectivity index (χ2v) is 8.71. The molecule has 1 saturated carbocycles. The minimum Gasteiger partial charge on any atom is -0.480 e. The Hall–Kier alpha value is -2.10. The van der Waals surface area contributed by atoms with E-state index in [1.165, 1.54) is 0 Å². The average molecular weight is 491 g/mol. The van der Waals surface area contributed by atoms with Crippen molar-refractivity contribution in [2.75, 3.05) is 0 Å². The summed E-state index contributed by atoms with van der Waals surface area (Å²) in [4.78, 5) is 37.1. The maximum atomic E-state index is 13.6. The van der Waals surface area contributed by atoms with E-state index in [9.17, 15) is 32.7 Å². The van der Waals surface area contributed by atoms with Crippen molar-refractivity contribution in [3.05, 3.63) is 34.3 Å². The molecule has 30 heavy (non-hydrogen) atoms. The second-order valence-electron chi connectivity index (χ2n) is 7.80. The molecule has 1 aromatic rings. The number of carboxylic acids is 1. The summed E-state index contributed by atoms with van der Waals surface area (Å²) in [5.74, 6) is -4.00. The zero-order valence-electron chi connectivity index (χ0n) is 16.0. The van der Waals surface area contributed by atoms with Crippen LogP contribution in [0.1, 0.15) is 37.7 Å². The summed E-state index contributed by atoms with van der Waals surface area (Å²) in [5.41, 5.74) is 0.685. The van der Waals surface area contributed by atoms with Crippen molar-refractivity contribution in [2.45, 2.75) is 56.8 Å². The molecule has 3 rings (SSSR count). The van der Waals surface area contributed by atoms with Crippen LogP contribution in [0.25, 0.3) is 0 Å². The van der Waals surface area contributed by atoms with Crippen molar-refractivity contribution >= 4 is 33.8 Å². The number of rotatable bonds is 5. The Labute approximate surface area is 179 Å². The van der Waals surface area contributed by atoms with Gasteiger partial charge in [0, 0.05) is 4.47 Å². The third-order valence-electron chi connectivity index (χ3n) is 5.78. The fourth-order valence-electron chi connectivity index (χ4n) is 4.31. The van der Waals surface area contributed by atoms with Crippen molar-refractivity contribution in [1.82, 2.24) is 10.2 Å². The number of carbonyl (C=O) groups is 3. The number of nitrogens with zero attached hydrogens (tertiary/aromatic N) is 1. The Bertz CT molecular complexity index is 827. The minimum atomic E-state index is -4.68. The van der Waals surface area contributed by atoms with E-state index in [1.54, 1.807) is 24.3 Å². The summed E-state index contributed by atoms with van der Waals surface area (Å²) in [5, 5.41) is 11.4. The van der Waals surface area contributed by atoms with Gasteiger partial charge in [-0.2, -0.15) is 13.2 Å². The predicted molar refractivity (Wildman–Crippen MR) is 105 cm³/mol. The van der Waals surface area contributed by atoms with Gasteiger partial charge >= 0.3 is 18.2 Å². The molecule has 0 bridgehead atoms. The summed E-state index contributed by atoms with van der Waals surface area (Å²) >= 11 is 3.29. The van der Waals surface area contributed by atoms with Crippen LogP contribution in [0.5, 0.6) is 0 Å². The molecule has 6 nitrogen and oxygen atoms in total. The molecule has 164 valence electrons. The van der Waals surface area contributed by atoms with E-state index in [4.69, 9.17) is 0 Å². The Morgan fingerprint density at radius 3 is 2.47 bits per heavy atom. The molecule has 0 spiro atoms. The number of nitrogens with one attached hydrogen (secondary N) is 1. The Kier molecular flexibility index (Phi) is 6.74. The van der Waals surface area contributed by atoms with Crippen LogP contribution in [0.2, 0.25) is 0 Å². The van der Waals surface area contributed by atoms with Gasteiger partial charge in [-0.3, -0.25) is 4.79 Å². The van der Waals surface area contributed by atoms with E-state index in [1.807, 2.05) is 5.32 Å². The first-order valence-corrected chi connectivity index (χ1v) is 10.6. The number of urea groups is 1. The number of benzene rings is 1. The van der Waals surface area contributed by atoms with E-state index < -0.39 is 48.0 Å². The molecule has 1 saturated heterocycles. The fourth-order valence-corrected chi connectivity index (χ4v) is 4.76. The molecule has 0 radical (unpaired) electrons. The molecular formula is C20H22BrF3N2O4. The van der Waals surface area contributed by atoms with Gasteiger partial charge in [0.25, 0.3) is 0 Å². The molecule has 2 N–H and O–H groups in total. The van der Waals surface area contributed by atoms with E-state index in [-0.39, 0.29) is 6.42 Å². The fraction of sp³-hybridized carbons (Fsp3) is 0.550. The van der Waals surface area contributed by atoms with Gasteiger partial charge in [-0.05, 0) is 42.9 Å². The SMILES string of the molecule is O=C(O)[C@@H]1[C@@H](Cc2cccc(Br)c2)C(=O)N1C(=O)N[C@@H](C1CCCCC1)C(F)(F)F. The Morgan fingerprint density at radius 1 is 1.23 bits per heavy atom. The first-order valence-electron chi connectivity index (χ1n) is 9.77. The largest absolute Gasteiger partial charge is 0.480 e. The van der Waals surface area contributed by atoms with E-state index in [0.29, 0.717) is 36.1 Å². The third-order valence-corrected chi connectivity index (χ3v) is 6.28. The van der Waals surface area contributed by atoms with Crippen LogP contribution < -0.4 is 5.32 Å². The zero-order valence-corrected chi connectivity index (χ0v) is 17.6. The lowest BCUT2D eigenvalue weighted by Gasteiger charge is -2.44. The number of imide groups is 1. The lowest BCUT2D eigenvalue weighted by molar-refractivity contribution is -0.172. The number of amides is 3. The predicted octanol–water partition coefficient (Wildman–Crippen LogP) is 4.12.